The first-order valence-corrected chi connectivity index (χ1v) is 12.1. The minimum atomic E-state index is -0.895. The highest BCUT2D eigenvalue weighted by atomic mass is 32.2. The summed E-state index contributed by atoms with van der Waals surface area (Å²) in [5.41, 5.74) is 1.48. The highest BCUT2D eigenvalue weighted by Gasteiger charge is 2.24. The van der Waals surface area contributed by atoms with Crippen molar-refractivity contribution in [1.29, 1.82) is 0 Å². The summed E-state index contributed by atoms with van der Waals surface area (Å²) in [7, 11) is 0. The molecule has 2 aromatic heterocycles. The van der Waals surface area contributed by atoms with E-state index in [4.69, 9.17) is 9.63 Å². The van der Waals surface area contributed by atoms with E-state index in [1.807, 2.05) is 24.3 Å². The number of urea groups is 1. The summed E-state index contributed by atoms with van der Waals surface area (Å²) >= 11 is 2.44. The number of carboxylic acids is 1. The van der Waals surface area contributed by atoms with Gasteiger partial charge in [0.25, 0.3) is 5.89 Å². The molecule has 0 unspecified atom stereocenters. The van der Waals surface area contributed by atoms with Gasteiger partial charge < -0.3 is 9.63 Å². The monoisotopic (exact) mass is 473 g/mol. The van der Waals surface area contributed by atoms with Crippen molar-refractivity contribution in [3.05, 3.63) is 36.3 Å². The Bertz CT molecular complexity index is 1090. The number of carbonyl (C=O) groups excluding carboxylic acids is 1. The predicted octanol–water partition coefficient (Wildman–Crippen LogP) is 4.91. The van der Waals surface area contributed by atoms with Crippen LogP contribution in [0.5, 0.6) is 0 Å². The van der Waals surface area contributed by atoms with Gasteiger partial charge in [-0.3, -0.25) is 15.0 Å². The maximum Gasteiger partial charge on any atom is 0.328 e. The molecule has 2 heterocycles. The number of amides is 2. The summed E-state index contributed by atoms with van der Waals surface area (Å²) in [6.07, 6.45) is 6.13. The molecule has 0 bridgehead atoms. The number of nitrogens with one attached hydrogen (secondary N) is 1. The average molecular weight is 474 g/mol. The number of carboxylic acid groups (broad SMARTS) is 1. The molecule has 1 aromatic carbocycles. The molecule has 9 nitrogen and oxygen atoms in total. The standard InChI is InChI=1S/C21H23N5O4S2/c1-13-23-19(30-25-13)15-7-4-8-16(9-15)26(11-14-5-2-3-6-14)21(29)24-20-22-10-18(32-20)31-12-17(27)28/h4,7-10,14H,2-3,5-6,11-12H2,1H3,(H,27,28)(H,22,24,29). The van der Waals surface area contributed by atoms with Gasteiger partial charge in [0.05, 0.1) is 16.2 Å². The summed E-state index contributed by atoms with van der Waals surface area (Å²) in [4.78, 5) is 34.3. The highest BCUT2D eigenvalue weighted by Crippen LogP contribution is 2.31. The van der Waals surface area contributed by atoms with Crippen molar-refractivity contribution in [2.45, 2.75) is 36.8 Å². The van der Waals surface area contributed by atoms with Crippen LogP contribution >= 0.6 is 23.1 Å². The number of hydrogen-bond donors (Lipinski definition) is 2. The first-order chi connectivity index (χ1) is 15.5. The third-order valence-corrected chi connectivity index (χ3v) is 7.22. The fourth-order valence-corrected chi connectivity index (χ4v) is 5.24. The van der Waals surface area contributed by atoms with Crippen LogP contribution in [0.1, 0.15) is 31.5 Å². The Hall–Kier alpha value is -2.92. The first kappa shape index (κ1) is 22.3. The Balaban J connectivity index is 1.54. The van der Waals surface area contributed by atoms with Gasteiger partial charge in [-0.05, 0) is 43.9 Å². The van der Waals surface area contributed by atoms with Crippen LogP contribution < -0.4 is 10.2 Å². The van der Waals surface area contributed by atoms with Gasteiger partial charge in [-0.15, -0.1) is 11.8 Å². The predicted molar refractivity (Wildman–Crippen MR) is 123 cm³/mol. The number of aryl methyl sites for hydroxylation is 1. The number of rotatable bonds is 8. The largest absolute Gasteiger partial charge is 0.481 e. The number of aliphatic carboxylic acids is 1. The van der Waals surface area contributed by atoms with Crippen molar-refractivity contribution in [2.24, 2.45) is 5.92 Å². The normalized spacial score (nSPS) is 13.9. The fraction of sp³-hybridized carbons (Fsp3) is 0.381. The van der Waals surface area contributed by atoms with E-state index in [1.54, 1.807) is 18.0 Å². The number of nitrogens with zero attached hydrogens (tertiary/aromatic N) is 4. The van der Waals surface area contributed by atoms with E-state index in [2.05, 4.69) is 20.4 Å². The summed E-state index contributed by atoms with van der Waals surface area (Å²) in [5, 5.41) is 16.0. The van der Waals surface area contributed by atoms with Crippen molar-refractivity contribution >= 4 is 45.9 Å². The zero-order chi connectivity index (χ0) is 22.5. The van der Waals surface area contributed by atoms with Gasteiger partial charge in [0.1, 0.15) is 0 Å². The maximum absolute atomic E-state index is 13.3. The van der Waals surface area contributed by atoms with E-state index >= 15 is 0 Å². The molecule has 0 radical (unpaired) electrons. The number of aromatic nitrogens is 3. The Morgan fingerprint density at radius 1 is 1.34 bits per heavy atom. The zero-order valence-electron chi connectivity index (χ0n) is 17.5. The highest BCUT2D eigenvalue weighted by molar-refractivity contribution is 8.01. The molecule has 4 rings (SSSR count). The van der Waals surface area contributed by atoms with E-state index in [0.29, 0.717) is 29.3 Å². The number of anilines is 2. The number of thioether (sulfide) groups is 1. The van der Waals surface area contributed by atoms with Gasteiger partial charge >= 0.3 is 12.0 Å². The van der Waals surface area contributed by atoms with Crippen LogP contribution in [-0.4, -0.2) is 44.5 Å². The van der Waals surface area contributed by atoms with Gasteiger partial charge in [0.2, 0.25) is 0 Å². The minimum absolute atomic E-state index is 0.0503. The summed E-state index contributed by atoms with van der Waals surface area (Å²) in [5.74, 6) is 0.448. The van der Waals surface area contributed by atoms with Gasteiger partial charge in [-0.1, -0.05) is 35.4 Å². The Morgan fingerprint density at radius 3 is 2.88 bits per heavy atom. The van der Waals surface area contributed by atoms with Crippen LogP contribution in [-0.2, 0) is 4.79 Å². The van der Waals surface area contributed by atoms with Crippen LogP contribution in [0.25, 0.3) is 11.5 Å². The molecule has 0 saturated heterocycles. The molecular weight excluding hydrogens is 450 g/mol. The fourth-order valence-electron chi connectivity index (χ4n) is 3.65. The van der Waals surface area contributed by atoms with Crippen LogP contribution in [0.4, 0.5) is 15.6 Å². The molecule has 2 N–H and O–H groups in total. The summed E-state index contributed by atoms with van der Waals surface area (Å²) < 4.78 is 6.02. The van der Waals surface area contributed by atoms with Crippen molar-refractivity contribution in [3.8, 4) is 11.5 Å². The second kappa shape index (κ2) is 10.1. The molecule has 1 aliphatic rings. The molecule has 1 saturated carbocycles. The Kier molecular flexibility index (Phi) is 7.05. The van der Waals surface area contributed by atoms with Crippen molar-refractivity contribution < 1.29 is 19.2 Å². The number of benzene rings is 1. The van der Waals surface area contributed by atoms with E-state index in [-0.39, 0.29) is 11.8 Å². The van der Waals surface area contributed by atoms with Crippen molar-refractivity contribution in [2.75, 3.05) is 22.5 Å². The Morgan fingerprint density at radius 2 is 2.16 bits per heavy atom. The minimum Gasteiger partial charge on any atom is -0.481 e. The van der Waals surface area contributed by atoms with Gasteiger partial charge in [0, 0.05) is 17.8 Å². The third-order valence-electron chi connectivity index (χ3n) is 5.13. The molecule has 3 aromatic rings. The number of hydrogen-bond acceptors (Lipinski definition) is 8. The second-order valence-electron chi connectivity index (χ2n) is 7.56. The van der Waals surface area contributed by atoms with Crippen LogP contribution in [0.2, 0.25) is 0 Å². The molecule has 0 atom stereocenters. The second-order valence-corrected chi connectivity index (χ2v) is 9.86. The van der Waals surface area contributed by atoms with Gasteiger partial charge in [-0.2, -0.15) is 4.98 Å². The molecule has 0 spiro atoms. The molecule has 32 heavy (non-hydrogen) atoms. The van der Waals surface area contributed by atoms with E-state index < -0.39 is 5.97 Å². The van der Waals surface area contributed by atoms with Crippen LogP contribution in [0, 0.1) is 12.8 Å². The smallest absolute Gasteiger partial charge is 0.328 e. The Labute approximate surface area is 193 Å². The van der Waals surface area contributed by atoms with Crippen molar-refractivity contribution in [1.82, 2.24) is 15.1 Å². The number of thiazole rings is 1. The van der Waals surface area contributed by atoms with E-state index in [9.17, 15) is 9.59 Å². The summed E-state index contributed by atoms with van der Waals surface area (Å²) in [6, 6.07) is 7.21. The lowest BCUT2D eigenvalue weighted by atomic mass is 10.1. The molecule has 168 valence electrons. The lowest BCUT2D eigenvalue weighted by Gasteiger charge is -2.26. The molecule has 1 aliphatic carbocycles. The molecular formula is C21H23N5O4S2. The average Bonchev–Trinajstić information content (AvgIpc) is 3.53. The van der Waals surface area contributed by atoms with Gasteiger partial charge in [-0.25, -0.2) is 9.78 Å². The molecule has 11 heteroatoms. The topological polar surface area (TPSA) is 121 Å². The lowest BCUT2D eigenvalue weighted by molar-refractivity contribution is -0.133. The summed E-state index contributed by atoms with van der Waals surface area (Å²) in [6.45, 7) is 2.36. The van der Waals surface area contributed by atoms with E-state index in [1.165, 1.54) is 35.9 Å². The SMILES string of the molecule is Cc1noc(-c2cccc(N(CC3CCCC3)C(=O)Nc3ncc(SCC(=O)O)s3)c2)n1. The van der Waals surface area contributed by atoms with Crippen LogP contribution in [0.15, 0.2) is 39.2 Å². The quantitative estimate of drug-likeness (QED) is 0.443. The molecule has 0 aliphatic heterocycles. The zero-order valence-corrected chi connectivity index (χ0v) is 19.1. The first-order valence-electron chi connectivity index (χ1n) is 10.3. The number of carbonyl (C=O) groups is 2. The van der Waals surface area contributed by atoms with Crippen LogP contribution in [0.3, 0.4) is 0 Å². The van der Waals surface area contributed by atoms with E-state index in [0.717, 1.165) is 28.3 Å². The van der Waals surface area contributed by atoms with Gasteiger partial charge in [0.15, 0.2) is 11.0 Å². The third kappa shape index (κ3) is 5.65. The van der Waals surface area contributed by atoms with Crippen molar-refractivity contribution in [3.63, 3.8) is 0 Å². The lowest BCUT2D eigenvalue weighted by Crippen LogP contribution is -2.38. The molecule has 2 amide bonds. The molecule has 1 fully saturated rings. The maximum atomic E-state index is 13.3.